The zero-order valence-electron chi connectivity index (χ0n) is 17.8. The number of amides is 1. The topological polar surface area (TPSA) is 82.1 Å². The van der Waals surface area contributed by atoms with E-state index in [1.165, 1.54) is 5.56 Å². The molecule has 0 unspecified atom stereocenters. The number of fused-ring (bicyclic) bond motifs is 2. The number of pyridine rings is 1. The van der Waals surface area contributed by atoms with Crippen LogP contribution in [0.1, 0.15) is 12.0 Å². The van der Waals surface area contributed by atoms with Crippen LogP contribution >= 0.6 is 0 Å². The van der Waals surface area contributed by atoms with Gasteiger partial charge in [-0.1, -0.05) is 18.2 Å². The summed E-state index contributed by atoms with van der Waals surface area (Å²) in [6.45, 7) is 0.654. The number of nitrogens with two attached hydrogens (primary N) is 1. The average Bonchev–Trinajstić information content (AvgIpc) is 3.27. The Kier molecular flexibility index (Phi) is 5.15. The van der Waals surface area contributed by atoms with Gasteiger partial charge in [-0.2, -0.15) is 0 Å². The standard InChI is InChI=1S/C25H24N4O3/c1-31-22-11-10-18(14-19(22)26)20-15-28-12-5-9-23(25(28)27-20)32-16-24(30)29-13-4-7-17-6-2-3-8-21(17)29/h2-3,5-6,8-12,14-15H,4,7,13,16,26H2,1H3. The summed E-state index contributed by atoms with van der Waals surface area (Å²) in [6, 6.07) is 17.3. The van der Waals surface area contributed by atoms with Gasteiger partial charge in [0.2, 0.25) is 0 Å². The summed E-state index contributed by atoms with van der Waals surface area (Å²) < 4.78 is 13.1. The van der Waals surface area contributed by atoms with E-state index in [9.17, 15) is 4.79 Å². The number of rotatable bonds is 5. The van der Waals surface area contributed by atoms with Crippen molar-refractivity contribution in [2.75, 3.05) is 30.9 Å². The predicted octanol–water partition coefficient (Wildman–Crippen LogP) is 3.95. The molecule has 0 fully saturated rings. The molecule has 2 aromatic carbocycles. The van der Waals surface area contributed by atoms with Gasteiger partial charge in [0.15, 0.2) is 18.0 Å². The number of methoxy groups -OCH3 is 1. The Labute approximate surface area is 186 Å². The van der Waals surface area contributed by atoms with Gasteiger partial charge in [0.25, 0.3) is 5.91 Å². The van der Waals surface area contributed by atoms with Crippen LogP contribution in [0.3, 0.4) is 0 Å². The lowest BCUT2D eigenvalue weighted by molar-refractivity contribution is -0.120. The van der Waals surface area contributed by atoms with Crippen molar-refractivity contribution in [3.05, 3.63) is 72.6 Å². The van der Waals surface area contributed by atoms with E-state index < -0.39 is 0 Å². The molecule has 2 aromatic heterocycles. The number of nitrogen functional groups attached to an aromatic ring is 1. The predicted molar refractivity (Wildman–Crippen MR) is 124 cm³/mol. The maximum absolute atomic E-state index is 12.9. The molecular formula is C25H24N4O3. The molecule has 7 heteroatoms. The molecule has 1 aliphatic heterocycles. The number of carbonyl (C=O) groups is 1. The van der Waals surface area contributed by atoms with Crippen molar-refractivity contribution in [2.24, 2.45) is 0 Å². The van der Waals surface area contributed by atoms with E-state index in [-0.39, 0.29) is 12.5 Å². The zero-order valence-corrected chi connectivity index (χ0v) is 17.8. The zero-order chi connectivity index (χ0) is 22.1. The Hall–Kier alpha value is -4.00. The van der Waals surface area contributed by atoms with Gasteiger partial charge in [0.05, 0.1) is 18.5 Å². The van der Waals surface area contributed by atoms with Gasteiger partial charge in [-0.3, -0.25) is 4.79 Å². The SMILES string of the molecule is COc1ccc(-c2cn3cccc(OCC(=O)N4CCCc5ccccc54)c3n2)cc1N. The summed E-state index contributed by atoms with van der Waals surface area (Å²) in [6.07, 6.45) is 5.75. The number of anilines is 2. The molecule has 0 atom stereocenters. The number of benzene rings is 2. The van der Waals surface area contributed by atoms with Crippen molar-refractivity contribution in [3.8, 4) is 22.8 Å². The Morgan fingerprint density at radius 1 is 1.12 bits per heavy atom. The van der Waals surface area contributed by atoms with Gasteiger partial charge in [0.1, 0.15) is 5.75 Å². The van der Waals surface area contributed by atoms with Crippen LogP contribution in [0.2, 0.25) is 0 Å². The fourth-order valence-electron chi connectivity index (χ4n) is 4.14. The first kappa shape index (κ1) is 19.9. The van der Waals surface area contributed by atoms with E-state index in [0.717, 1.165) is 29.8 Å². The summed E-state index contributed by atoms with van der Waals surface area (Å²) >= 11 is 0. The highest BCUT2D eigenvalue weighted by molar-refractivity contribution is 5.95. The van der Waals surface area contributed by atoms with Crippen molar-refractivity contribution in [1.29, 1.82) is 0 Å². The van der Waals surface area contributed by atoms with Gasteiger partial charge >= 0.3 is 0 Å². The Balaban J connectivity index is 1.37. The number of carbonyl (C=O) groups excluding carboxylic acids is 1. The van der Waals surface area contributed by atoms with Crippen LogP contribution in [0.4, 0.5) is 11.4 Å². The second-order valence-electron chi connectivity index (χ2n) is 7.75. The average molecular weight is 428 g/mol. The molecule has 3 heterocycles. The highest BCUT2D eigenvalue weighted by Crippen LogP contribution is 2.30. The van der Waals surface area contributed by atoms with E-state index in [1.54, 1.807) is 7.11 Å². The minimum atomic E-state index is -0.0612. The molecule has 4 aromatic rings. The van der Waals surface area contributed by atoms with Crippen LogP contribution in [0.15, 0.2) is 67.0 Å². The van der Waals surface area contributed by atoms with Crippen LogP contribution in [0.25, 0.3) is 16.9 Å². The lowest BCUT2D eigenvalue weighted by atomic mass is 10.0. The normalized spacial score (nSPS) is 13.1. The highest BCUT2D eigenvalue weighted by atomic mass is 16.5. The lowest BCUT2D eigenvalue weighted by Crippen LogP contribution is -2.38. The summed E-state index contributed by atoms with van der Waals surface area (Å²) in [4.78, 5) is 19.5. The molecule has 0 bridgehead atoms. The van der Waals surface area contributed by atoms with Gasteiger partial charge < -0.3 is 24.5 Å². The number of aromatic nitrogens is 2. The Morgan fingerprint density at radius 2 is 2.00 bits per heavy atom. The summed E-state index contributed by atoms with van der Waals surface area (Å²) in [5.41, 5.74) is 11.0. The summed E-state index contributed by atoms with van der Waals surface area (Å²) in [5, 5.41) is 0. The van der Waals surface area contributed by atoms with Gasteiger partial charge in [-0.05, 0) is 54.8 Å². The van der Waals surface area contributed by atoms with Crippen LogP contribution in [0.5, 0.6) is 11.5 Å². The van der Waals surface area contributed by atoms with Crippen molar-refractivity contribution < 1.29 is 14.3 Å². The maximum atomic E-state index is 12.9. The Bertz CT molecular complexity index is 1300. The fourth-order valence-corrected chi connectivity index (χ4v) is 4.14. The van der Waals surface area contributed by atoms with Crippen LogP contribution in [0, 0.1) is 0 Å². The molecule has 32 heavy (non-hydrogen) atoms. The third-order valence-corrected chi connectivity index (χ3v) is 5.73. The van der Waals surface area contributed by atoms with E-state index in [2.05, 4.69) is 6.07 Å². The smallest absolute Gasteiger partial charge is 0.264 e. The first-order chi connectivity index (χ1) is 15.6. The molecule has 5 rings (SSSR count). The third kappa shape index (κ3) is 3.62. The lowest BCUT2D eigenvalue weighted by Gasteiger charge is -2.29. The largest absolute Gasteiger partial charge is 0.495 e. The number of aryl methyl sites for hydroxylation is 1. The number of para-hydroxylation sites is 1. The number of hydrogen-bond acceptors (Lipinski definition) is 5. The fraction of sp³-hybridized carbons (Fsp3) is 0.200. The second-order valence-corrected chi connectivity index (χ2v) is 7.75. The molecule has 0 spiro atoms. The van der Waals surface area contributed by atoms with Crippen molar-refractivity contribution >= 4 is 22.9 Å². The molecule has 2 N–H and O–H groups in total. The minimum Gasteiger partial charge on any atom is -0.495 e. The third-order valence-electron chi connectivity index (χ3n) is 5.73. The van der Waals surface area contributed by atoms with Crippen molar-refractivity contribution in [3.63, 3.8) is 0 Å². The number of imidazole rings is 1. The van der Waals surface area contributed by atoms with Crippen molar-refractivity contribution in [2.45, 2.75) is 12.8 Å². The molecule has 0 saturated carbocycles. The molecule has 1 amide bonds. The number of hydrogen-bond donors (Lipinski definition) is 1. The van der Waals surface area contributed by atoms with Crippen molar-refractivity contribution in [1.82, 2.24) is 9.38 Å². The summed E-state index contributed by atoms with van der Waals surface area (Å²) in [7, 11) is 1.59. The van der Waals surface area contributed by atoms with E-state index in [4.69, 9.17) is 20.2 Å². The first-order valence-corrected chi connectivity index (χ1v) is 10.6. The Morgan fingerprint density at radius 3 is 2.84 bits per heavy atom. The van der Waals surface area contributed by atoms with Gasteiger partial charge in [-0.15, -0.1) is 0 Å². The first-order valence-electron chi connectivity index (χ1n) is 10.6. The molecule has 1 aliphatic rings. The molecular weight excluding hydrogens is 404 g/mol. The summed E-state index contributed by atoms with van der Waals surface area (Å²) in [5.74, 6) is 1.12. The van der Waals surface area contributed by atoms with Gasteiger partial charge in [-0.25, -0.2) is 4.98 Å². The monoisotopic (exact) mass is 428 g/mol. The molecule has 7 nitrogen and oxygen atoms in total. The minimum absolute atomic E-state index is 0.0499. The number of ether oxygens (including phenoxy) is 2. The highest BCUT2D eigenvalue weighted by Gasteiger charge is 2.22. The molecule has 0 aliphatic carbocycles. The second kappa shape index (κ2) is 8.26. The van der Waals surface area contributed by atoms with Crippen LogP contribution in [-0.2, 0) is 11.2 Å². The molecule has 0 radical (unpaired) electrons. The van der Waals surface area contributed by atoms with Gasteiger partial charge in [0, 0.05) is 30.2 Å². The van der Waals surface area contributed by atoms with Crippen LogP contribution < -0.4 is 20.1 Å². The number of nitrogens with zero attached hydrogens (tertiary/aromatic N) is 3. The van der Waals surface area contributed by atoms with E-state index in [1.807, 2.05) is 70.2 Å². The maximum Gasteiger partial charge on any atom is 0.264 e. The quantitative estimate of drug-likeness (QED) is 0.487. The van der Waals surface area contributed by atoms with Crippen LogP contribution in [-0.4, -0.2) is 35.6 Å². The van der Waals surface area contributed by atoms with E-state index in [0.29, 0.717) is 29.4 Å². The molecule has 0 saturated heterocycles. The molecule has 162 valence electrons. The van der Waals surface area contributed by atoms with E-state index >= 15 is 0 Å².